The number of carbonyl (C=O) groups excluding carboxylic acids is 1. The molecule has 14 heavy (non-hydrogen) atoms. The van der Waals surface area contributed by atoms with Gasteiger partial charge in [-0.3, -0.25) is 4.79 Å². The molecule has 0 aromatic heterocycles. The van der Waals surface area contributed by atoms with Crippen LogP contribution in [0.25, 0.3) is 0 Å². The van der Waals surface area contributed by atoms with Gasteiger partial charge in [0.2, 0.25) is 0 Å². The highest BCUT2D eigenvalue weighted by Gasteiger charge is 2.49. The number of hydrogen-bond donors (Lipinski definition) is 1. The van der Waals surface area contributed by atoms with E-state index in [0.29, 0.717) is 0 Å². The second-order valence-corrected chi connectivity index (χ2v) is 3.41. The zero-order chi connectivity index (χ0) is 10.3. The first kappa shape index (κ1) is 9.21. The van der Waals surface area contributed by atoms with Crippen molar-refractivity contribution < 1.29 is 24.2 Å². The molecule has 0 radical (unpaired) electrons. The van der Waals surface area contributed by atoms with Gasteiger partial charge in [-0.25, -0.2) is 4.79 Å². The van der Waals surface area contributed by atoms with E-state index in [0.717, 1.165) is 0 Å². The summed E-state index contributed by atoms with van der Waals surface area (Å²) in [7, 11) is 0. The van der Waals surface area contributed by atoms with E-state index in [1.165, 1.54) is 6.92 Å². The fourth-order valence-electron chi connectivity index (χ4n) is 1.65. The standard InChI is InChI=1S/C9H10O5/c1-4(10)13-6-2-5(9(11)12)3-7-8(6)14-7/h3,6-8H,2H2,1H3,(H,11,12)/t6-,7-,8+/m1/s1. The van der Waals surface area contributed by atoms with Crippen LogP contribution in [-0.4, -0.2) is 35.4 Å². The van der Waals surface area contributed by atoms with Crippen LogP contribution in [0.1, 0.15) is 13.3 Å². The minimum atomic E-state index is -0.976. The molecule has 1 fully saturated rings. The molecule has 2 aliphatic rings. The van der Waals surface area contributed by atoms with Crippen molar-refractivity contribution in [3.05, 3.63) is 11.6 Å². The Balaban J connectivity index is 2.07. The van der Waals surface area contributed by atoms with Gasteiger partial charge in [-0.15, -0.1) is 0 Å². The van der Waals surface area contributed by atoms with Crippen LogP contribution in [0.5, 0.6) is 0 Å². The second kappa shape index (κ2) is 3.09. The molecule has 1 N–H and O–H groups in total. The molecule has 1 aliphatic heterocycles. The smallest absolute Gasteiger partial charge is 0.331 e. The summed E-state index contributed by atoms with van der Waals surface area (Å²) in [6.07, 6.45) is 1.05. The average molecular weight is 198 g/mol. The Labute approximate surface area is 80.3 Å². The topological polar surface area (TPSA) is 76.1 Å². The highest BCUT2D eigenvalue weighted by Crippen LogP contribution is 2.37. The zero-order valence-corrected chi connectivity index (χ0v) is 7.60. The molecule has 2 rings (SSSR count). The highest BCUT2D eigenvalue weighted by atomic mass is 16.6. The van der Waals surface area contributed by atoms with Crippen LogP contribution in [0.4, 0.5) is 0 Å². The molecule has 1 aliphatic carbocycles. The molecule has 76 valence electrons. The van der Waals surface area contributed by atoms with Crippen molar-refractivity contribution in [1.82, 2.24) is 0 Å². The molecule has 0 spiro atoms. The lowest BCUT2D eigenvalue weighted by molar-refractivity contribution is -0.148. The van der Waals surface area contributed by atoms with Crippen LogP contribution in [-0.2, 0) is 19.1 Å². The normalized spacial score (nSPS) is 34.1. The van der Waals surface area contributed by atoms with E-state index in [-0.39, 0.29) is 24.2 Å². The number of ether oxygens (including phenoxy) is 2. The summed E-state index contributed by atoms with van der Waals surface area (Å²) in [4.78, 5) is 21.4. The molecule has 1 saturated heterocycles. The van der Waals surface area contributed by atoms with E-state index in [1.54, 1.807) is 6.08 Å². The highest BCUT2D eigenvalue weighted by molar-refractivity contribution is 5.87. The van der Waals surface area contributed by atoms with Crippen LogP contribution in [0, 0.1) is 0 Å². The second-order valence-electron chi connectivity index (χ2n) is 3.41. The Morgan fingerprint density at radius 2 is 2.36 bits per heavy atom. The van der Waals surface area contributed by atoms with Crippen molar-refractivity contribution in [2.75, 3.05) is 0 Å². The first-order valence-corrected chi connectivity index (χ1v) is 4.34. The van der Waals surface area contributed by atoms with Gasteiger partial charge in [0, 0.05) is 18.9 Å². The average Bonchev–Trinajstić information content (AvgIpc) is 2.81. The van der Waals surface area contributed by atoms with E-state index in [2.05, 4.69) is 0 Å². The Morgan fingerprint density at radius 3 is 2.93 bits per heavy atom. The predicted molar refractivity (Wildman–Crippen MR) is 44.6 cm³/mol. The summed E-state index contributed by atoms with van der Waals surface area (Å²) in [6.45, 7) is 1.30. The van der Waals surface area contributed by atoms with Crippen LogP contribution in [0.15, 0.2) is 11.6 Å². The maximum absolute atomic E-state index is 10.7. The van der Waals surface area contributed by atoms with Crippen molar-refractivity contribution in [2.45, 2.75) is 31.7 Å². The third-order valence-corrected chi connectivity index (χ3v) is 2.31. The van der Waals surface area contributed by atoms with Crippen molar-refractivity contribution >= 4 is 11.9 Å². The first-order valence-electron chi connectivity index (χ1n) is 4.34. The number of esters is 1. The van der Waals surface area contributed by atoms with Gasteiger partial charge in [-0.1, -0.05) is 0 Å². The SMILES string of the molecule is CC(=O)O[C@@H]1CC(C(=O)O)=C[C@H]2O[C@H]21. The molecule has 0 aromatic rings. The minimum absolute atomic E-state index is 0.137. The number of carboxylic acid groups (broad SMARTS) is 1. The van der Waals surface area contributed by atoms with Crippen molar-refractivity contribution in [2.24, 2.45) is 0 Å². The number of epoxide rings is 1. The van der Waals surface area contributed by atoms with Gasteiger partial charge in [-0.2, -0.15) is 0 Å². The van der Waals surface area contributed by atoms with Crippen molar-refractivity contribution in [1.29, 1.82) is 0 Å². The van der Waals surface area contributed by atoms with Crippen molar-refractivity contribution in [3.63, 3.8) is 0 Å². The molecule has 5 nitrogen and oxygen atoms in total. The van der Waals surface area contributed by atoms with Crippen LogP contribution in [0.2, 0.25) is 0 Å². The molecular formula is C9H10O5. The van der Waals surface area contributed by atoms with E-state index in [9.17, 15) is 9.59 Å². The van der Waals surface area contributed by atoms with E-state index in [4.69, 9.17) is 14.6 Å². The monoisotopic (exact) mass is 198 g/mol. The summed E-state index contributed by atoms with van der Waals surface area (Å²) >= 11 is 0. The summed E-state index contributed by atoms with van der Waals surface area (Å²) in [5.41, 5.74) is 0.259. The number of aliphatic carboxylic acids is 1. The number of rotatable bonds is 2. The zero-order valence-electron chi connectivity index (χ0n) is 7.60. The molecule has 5 heteroatoms. The first-order chi connectivity index (χ1) is 6.58. The fourth-order valence-corrected chi connectivity index (χ4v) is 1.65. The van der Waals surface area contributed by atoms with Gasteiger partial charge in [0.1, 0.15) is 18.3 Å². The Bertz CT molecular complexity index is 319. The summed E-state index contributed by atoms with van der Waals surface area (Å²) < 4.78 is 10.1. The predicted octanol–water partition coefficient (Wildman–Crippen LogP) is 0.100. The Kier molecular flexibility index (Phi) is 2.03. The Morgan fingerprint density at radius 1 is 1.64 bits per heavy atom. The number of hydrogen-bond acceptors (Lipinski definition) is 4. The number of carbonyl (C=O) groups is 2. The minimum Gasteiger partial charge on any atom is -0.478 e. The van der Waals surface area contributed by atoms with Crippen LogP contribution >= 0.6 is 0 Å². The third kappa shape index (κ3) is 1.63. The molecule has 0 saturated carbocycles. The fraction of sp³-hybridized carbons (Fsp3) is 0.556. The molecule has 0 amide bonds. The largest absolute Gasteiger partial charge is 0.478 e. The third-order valence-electron chi connectivity index (χ3n) is 2.31. The lowest BCUT2D eigenvalue weighted by atomic mass is 9.97. The van der Waals surface area contributed by atoms with Gasteiger partial charge in [0.25, 0.3) is 0 Å². The number of fused-ring (bicyclic) bond motifs is 1. The lowest BCUT2D eigenvalue weighted by Gasteiger charge is -2.17. The van der Waals surface area contributed by atoms with E-state index in [1.807, 2.05) is 0 Å². The van der Waals surface area contributed by atoms with Crippen LogP contribution in [0.3, 0.4) is 0 Å². The molecule has 3 atom stereocenters. The molecule has 0 aromatic carbocycles. The summed E-state index contributed by atoms with van der Waals surface area (Å²) in [5.74, 6) is -1.38. The maximum atomic E-state index is 10.7. The number of carboxylic acids is 1. The van der Waals surface area contributed by atoms with Crippen LogP contribution < -0.4 is 0 Å². The van der Waals surface area contributed by atoms with E-state index >= 15 is 0 Å². The summed E-state index contributed by atoms with van der Waals surface area (Å²) in [5, 5.41) is 8.76. The molecule has 0 bridgehead atoms. The quantitative estimate of drug-likeness (QED) is 0.503. The Hall–Kier alpha value is -1.36. The van der Waals surface area contributed by atoms with E-state index < -0.39 is 18.0 Å². The van der Waals surface area contributed by atoms with Gasteiger partial charge in [0.05, 0.1) is 0 Å². The van der Waals surface area contributed by atoms with Crippen molar-refractivity contribution in [3.8, 4) is 0 Å². The van der Waals surface area contributed by atoms with Gasteiger partial charge < -0.3 is 14.6 Å². The summed E-state index contributed by atoms with van der Waals surface area (Å²) in [6, 6.07) is 0. The molecule has 1 heterocycles. The molecule has 0 unspecified atom stereocenters. The lowest BCUT2D eigenvalue weighted by Crippen LogP contribution is -2.28. The maximum Gasteiger partial charge on any atom is 0.331 e. The van der Waals surface area contributed by atoms with Gasteiger partial charge in [0.15, 0.2) is 0 Å². The van der Waals surface area contributed by atoms with Gasteiger partial charge in [-0.05, 0) is 6.08 Å². The molecular weight excluding hydrogens is 188 g/mol. The van der Waals surface area contributed by atoms with Gasteiger partial charge >= 0.3 is 11.9 Å².